The highest BCUT2D eigenvalue weighted by Gasteiger charge is 2.15. The molecule has 0 unspecified atom stereocenters. The summed E-state index contributed by atoms with van der Waals surface area (Å²) < 4.78 is 1.81. The number of H-pyrrole nitrogens is 1. The van der Waals surface area contributed by atoms with Gasteiger partial charge in [-0.2, -0.15) is 5.10 Å². The summed E-state index contributed by atoms with van der Waals surface area (Å²) in [5.41, 5.74) is 9.26. The lowest BCUT2D eigenvalue weighted by atomic mass is 10.1. The maximum Gasteiger partial charge on any atom is 0.237 e. The third-order valence-corrected chi connectivity index (χ3v) is 3.85. The first-order valence-electron chi connectivity index (χ1n) is 7.71. The molecule has 0 saturated heterocycles. The first kappa shape index (κ1) is 18.0. The maximum atomic E-state index is 12.1. The average Bonchev–Trinajstić information content (AvgIpc) is 3.14. The quantitative estimate of drug-likeness (QED) is 0.635. The SMILES string of the molecule is Cc1cnn(CCNC(=O)[C@@H](N)Cc2c[nH]c3ccccc23)c1.Cl. The molecule has 1 amide bonds. The van der Waals surface area contributed by atoms with Crippen LogP contribution in [-0.2, 0) is 17.8 Å². The Hall–Kier alpha value is -2.31. The molecule has 7 heteroatoms. The third kappa shape index (κ3) is 4.15. The number of aromatic amines is 1. The largest absolute Gasteiger partial charge is 0.361 e. The van der Waals surface area contributed by atoms with Gasteiger partial charge in [0.25, 0.3) is 0 Å². The van der Waals surface area contributed by atoms with Gasteiger partial charge in [-0.05, 0) is 30.5 Å². The summed E-state index contributed by atoms with van der Waals surface area (Å²) in [4.78, 5) is 15.3. The molecule has 3 rings (SSSR count). The van der Waals surface area contributed by atoms with Crippen LogP contribution in [0.4, 0.5) is 0 Å². The lowest BCUT2D eigenvalue weighted by molar-refractivity contribution is -0.122. The fraction of sp³-hybridized carbons (Fsp3) is 0.294. The lowest BCUT2D eigenvalue weighted by Crippen LogP contribution is -2.43. The number of carbonyl (C=O) groups excluding carboxylic acids is 1. The van der Waals surface area contributed by atoms with Gasteiger partial charge in [0.15, 0.2) is 0 Å². The fourth-order valence-corrected chi connectivity index (χ4v) is 2.64. The van der Waals surface area contributed by atoms with E-state index in [1.165, 1.54) is 0 Å². The van der Waals surface area contributed by atoms with Gasteiger partial charge in [0.2, 0.25) is 5.91 Å². The van der Waals surface area contributed by atoms with E-state index in [9.17, 15) is 4.79 Å². The third-order valence-electron chi connectivity index (χ3n) is 3.85. The second kappa shape index (κ2) is 7.99. The van der Waals surface area contributed by atoms with Gasteiger partial charge < -0.3 is 16.0 Å². The van der Waals surface area contributed by atoms with E-state index in [-0.39, 0.29) is 18.3 Å². The van der Waals surface area contributed by atoms with Crippen LogP contribution in [0.15, 0.2) is 42.9 Å². The van der Waals surface area contributed by atoms with E-state index in [0.29, 0.717) is 19.5 Å². The van der Waals surface area contributed by atoms with Crippen molar-refractivity contribution in [3.05, 3.63) is 54.0 Å². The van der Waals surface area contributed by atoms with Gasteiger partial charge >= 0.3 is 0 Å². The number of para-hydroxylation sites is 1. The molecule has 4 N–H and O–H groups in total. The molecule has 6 nitrogen and oxygen atoms in total. The number of amides is 1. The van der Waals surface area contributed by atoms with Crippen LogP contribution in [-0.4, -0.2) is 33.3 Å². The number of aryl methyl sites for hydroxylation is 1. The number of fused-ring (bicyclic) bond motifs is 1. The Morgan fingerprint density at radius 1 is 1.42 bits per heavy atom. The molecule has 0 aliphatic heterocycles. The topological polar surface area (TPSA) is 88.7 Å². The van der Waals surface area contributed by atoms with Crippen molar-refractivity contribution in [1.29, 1.82) is 0 Å². The molecule has 0 spiro atoms. The van der Waals surface area contributed by atoms with Crippen LogP contribution >= 0.6 is 12.4 Å². The van der Waals surface area contributed by atoms with E-state index in [1.807, 2.05) is 43.6 Å². The van der Waals surface area contributed by atoms with Gasteiger partial charge in [0.05, 0.1) is 18.8 Å². The molecule has 1 atom stereocenters. The molecule has 3 aromatic rings. The van der Waals surface area contributed by atoms with E-state index in [0.717, 1.165) is 22.0 Å². The fourth-order valence-electron chi connectivity index (χ4n) is 2.64. The number of hydrogen-bond acceptors (Lipinski definition) is 3. The van der Waals surface area contributed by atoms with Crippen LogP contribution in [0.25, 0.3) is 10.9 Å². The lowest BCUT2D eigenvalue weighted by Gasteiger charge is -2.12. The van der Waals surface area contributed by atoms with Crippen LogP contribution in [0.1, 0.15) is 11.1 Å². The van der Waals surface area contributed by atoms with Crippen LogP contribution in [0.3, 0.4) is 0 Å². The Balaban J connectivity index is 0.00000208. The zero-order valence-electron chi connectivity index (χ0n) is 13.5. The minimum atomic E-state index is -0.562. The van der Waals surface area contributed by atoms with Gasteiger partial charge in [-0.15, -0.1) is 12.4 Å². The zero-order valence-corrected chi connectivity index (χ0v) is 14.3. The first-order valence-corrected chi connectivity index (χ1v) is 7.71. The number of halogens is 1. The summed E-state index contributed by atoms with van der Waals surface area (Å²) in [6.07, 6.45) is 6.17. The highest BCUT2D eigenvalue weighted by atomic mass is 35.5. The Morgan fingerprint density at radius 2 is 2.21 bits per heavy atom. The second-order valence-corrected chi connectivity index (χ2v) is 5.74. The Kier molecular flexibility index (Phi) is 6.00. The average molecular weight is 348 g/mol. The standard InChI is InChI=1S/C17H21N5O.ClH/c1-12-9-21-22(11-12)7-6-19-17(23)15(18)8-13-10-20-16-5-3-2-4-14(13)16;/h2-5,9-11,15,20H,6-8,18H2,1H3,(H,19,23);1H/t15-;/m0./s1. The van der Waals surface area contributed by atoms with Crippen LogP contribution in [0, 0.1) is 6.92 Å². The number of aromatic nitrogens is 3. The number of nitrogens with two attached hydrogens (primary N) is 1. The van der Waals surface area contributed by atoms with Crippen molar-refractivity contribution in [3.63, 3.8) is 0 Å². The van der Waals surface area contributed by atoms with Crippen molar-refractivity contribution in [1.82, 2.24) is 20.1 Å². The summed E-state index contributed by atoms with van der Waals surface area (Å²) in [7, 11) is 0. The van der Waals surface area contributed by atoms with Crippen LogP contribution in [0.5, 0.6) is 0 Å². The maximum absolute atomic E-state index is 12.1. The minimum Gasteiger partial charge on any atom is -0.361 e. The second-order valence-electron chi connectivity index (χ2n) is 5.74. The molecule has 0 aliphatic carbocycles. The van der Waals surface area contributed by atoms with E-state index < -0.39 is 6.04 Å². The normalized spacial score (nSPS) is 11.9. The predicted octanol–water partition coefficient (Wildman–Crippen LogP) is 1.78. The number of rotatable bonds is 6. The molecule has 2 heterocycles. The van der Waals surface area contributed by atoms with E-state index >= 15 is 0 Å². The summed E-state index contributed by atoms with van der Waals surface area (Å²) in [6, 6.07) is 7.44. The summed E-state index contributed by atoms with van der Waals surface area (Å²) in [5.74, 6) is -0.140. The Morgan fingerprint density at radius 3 is 2.96 bits per heavy atom. The number of carbonyl (C=O) groups is 1. The minimum absolute atomic E-state index is 0. The smallest absolute Gasteiger partial charge is 0.237 e. The molecule has 0 fully saturated rings. The van der Waals surface area contributed by atoms with Gasteiger partial charge in [0.1, 0.15) is 0 Å². The molecular formula is C17H22ClN5O. The monoisotopic (exact) mass is 347 g/mol. The molecular weight excluding hydrogens is 326 g/mol. The summed E-state index contributed by atoms with van der Waals surface area (Å²) >= 11 is 0. The summed E-state index contributed by atoms with van der Waals surface area (Å²) in [6.45, 7) is 3.14. The van der Waals surface area contributed by atoms with Crippen molar-refractivity contribution in [2.75, 3.05) is 6.54 Å². The zero-order chi connectivity index (χ0) is 16.2. The molecule has 0 radical (unpaired) electrons. The highest BCUT2D eigenvalue weighted by Crippen LogP contribution is 2.18. The van der Waals surface area contributed by atoms with Crippen molar-refractivity contribution >= 4 is 29.2 Å². The van der Waals surface area contributed by atoms with Gasteiger partial charge in [-0.3, -0.25) is 9.48 Å². The van der Waals surface area contributed by atoms with E-state index in [4.69, 9.17) is 5.73 Å². The highest BCUT2D eigenvalue weighted by molar-refractivity contribution is 5.86. The summed E-state index contributed by atoms with van der Waals surface area (Å²) in [5, 5.41) is 8.16. The van der Waals surface area contributed by atoms with Crippen molar-refractivity contribution < 1.29 is 4.79 Å². The molecule has 24 heavy (non-hydrogen) atoms. The molecule has 2 aromatic heterocycles. The number of hydrogen-bond donors (Lipinski definition) is 3. The molecule has 0 bridgehead atoms. The van der Waals surface area contributed by atoms with E-state index in [2.05, 4.69) is 15.4 Å². The Labute approximate surface area is 146 Å². The van der Waals surface area contributed by atoms with Crippen LogP contribution < -0.4 is 11.1 Å². The molecule has 0 aliphatic rings. The number of nitrogens with zero attached hydrogens (tertiary/aromatic N) is 2. The number of nitrogens with one attached hydrogen (secondary N) is 2. The van der Waals surface area contributed by atoms with Crippen LogP contribution in [0.2, 0.25) is 0 Å². The predicted molar refractivity (Wildman–Crippen MR) is 97.2 cm³/mol. The van der Waals surface area contributed by atoms with Crippen molar-refractivity contribution in [2.45, 2.75) is 25.9 Å². The van der Waals surface area contributed by atoms with E-state index in [1.54, 1.807) is 10.9 Å². The van der Waals surface area contributed by atoms with Gasteiger partial charge in [0, 0.05) is 29.8 Å². The molecule has 0 saturated carbocycles. The van der Waals surface area contributed by atoms with Crippen molar-refractivity contribution in [2.24, 2.45) is 5.73 Å². The first-order chi connectivity index (χ1) is 11.1. The number of benzene rings is 1. The molecule has 1 aromatic carbocycles. The Bertz CT molecular complexity index is 810. The van der Waals surface area contributed by atoms with Gasteiger partial charge in [-0.1, -0.05) is 18.2 Å². The molecule has 128 valence electrons. The van der Waals surface area contributed by atoms with Gasteiger partial charge in [-0.25, -0.2) is 0 Å². The van der Waals surface area contributed by atoms with Crippen molar-refractivity contribution in [3.8, 4) is 0 Å².